The van der Waals surface area contributed by atoms with E-state index in [1.807, 2.05) is 29.4 Å². The lowest BCUT2D eigenvalue weighted by Crippen LogP contribution is -2.32. The Labute approximate surface area is 128 Å². The van der Waals surface area contributed by atoms with Crippen LogP contribution in [-0.4, -0.2) is 45.4 Å². The normalized spacial score (nSPS) is 24.7. The van der Waals surface area contributed by atoms with E-state index < -0.39 is 0 Å². The first-order valence-corrected chi connectivity index (χ1v) is 7.49. The van der Waals surface area contributed by atoms with Gasteiger partial charge in [0.2, 0.25) is 5.91 Å². The molecule has 4 heterocycles. The number of amides is 1. The van der Waals surface area contributed by atoms with Crippen molar-refractivity contribution in [1.29, 1.82) is 0 Å². The minimum Gasteiger partial charge on any atom is -0.309 e. The molecule has 2 saturated heterocycles. The second-order valence-corrected chi connectivity index (χ2v) is 5.96. The molecule has 6 nitrogen and oxygen atoms in total. The lowest BCUT2D eigenvalue weighted by Gasteiger charge is -2.21. The van der Waals surface area contributed by atoms with Gasteiger partial charge in [0.25, 0.3) is 0 Å². The third kappa shape index (κ3) is 2.35. The Balaban J connectivity index is 1.44. The highest BCUT2D eigenvalue weighted by Crippen LogP contribution is 2.35. The number of carbonyl (C=O) groups is 1. The molecule has 0 unspecified atom stereocenters. The molecule has 6 heteroatoms. The Morgan fingerprint density at radius 1 is 1.05 bits per heavy atom. The van der Waals surface area contributed by atoms with Gasteiger partial charge in [-0.3, -0.25) is 14.7 Å². The number of pyridine rings is 1. The first-order valence-electron chi connectivity index (χ1n) is 7.49. The summed E-state index contributed by atoms with van der Waals surface area (Å²) < 4.78 is 0. The van der Waals surface area contributed by atoms with Crippen LogP contribution in [0.3, 0.4) is 0 Å². The minimum absolute atomic E-state index is 0.0991. The fourth-order valence-corrected chi connectivity index (χ4v) is 3.49. The standard InChI is InChI=1S/C16H17N5O/c22-16-15-10-20(7-12-1-3-17-4-2-12)8-13(15)9-21(16)14-5-18-11-19-6-14/h1-6,11,13,15H,7-10H2/t13-,15-/m0/s1. The van der Waals surface area contributed by atoms with E-state index in [-0.39, 0.29) is 11.8 Å². The first-order chi connectivity index (χ1) is 10.8. The summed E-state index contributed by atoms with van der Waals surface area (Å²) in [7, 11) is 0. The molecule has 2 fully saturated rings. The second-order valence-electron chi connectivity index (χ2n) is 5.96. The number of nitrogens with zero attached hydrogens (tertiary/aromatic N) is 5. The van der Waals surface area contributed by atoms with Gasteiger partial charge in [0.1, 0.15) is 6.33 Å². The van der Waals surface area contributed by atoms with Crippen LogP contribution in [0.15, 0.2) is 43.2 Å². The Kier molecular flexibility index (Phi) is 3.31. The van der Waals surface area contributed by atoms with Crippen LogP contribution >= 0.6 is 0 Å². The molecule has 2 atom stereocenters. The largest absolute Gasteiger partial charge is 0.309 e. The van der Waals surface area contributed by atoms with Gasteiger partial charge in [0.15, 0.2) is 0 Å². The number of fused-ring (bicyclic) bond motifs is 1. The Morgan fingerprint density at radius 3 is 2.55 bits per heavy atom. The summed E-state index contributed by atoms with van der Waals surface area (Å²) in [6.45, 7) is 3.44. The fraction of sp³-hybridized carbons (Fsp3) is 0.375. The van der Waals surface area contributed by atoms with Gasteiger partial charge in [0, 0.05) is 44.5 Å². The van der Waals surface area contributed by atoms with Crippen LogP contribution in [0.5, 0.6) is 0 Å². The number of carbonyl (C=O) groups excluding carboxylic acids is 1. The second kappa shape index (κ2) is 5.46. The van der Waals surface area contributed by atoms with Crippen molar-refractivity contribution in [2.45, 2.75) is 6.54 Å². The van der Waals surface area contributed by atoms with E-state index >= 15 is 0 Å². The van der Waals surface area contributed by atoms with Crippen LogP contribution < -0.4 is 4.90 Å². The number of hydrogen-bond acceptors (Lipinski definition) is 5. The lowest BCUT2D eigenvalue weighted by molar-refractivity contribution is -0.120. The molecule has 0 bridgehead atoms. The number of hydrogen-bond donors (Lipinski definition) is 0. The van der Waals surface area contributed by atoms with E-state index in [4.69, 9.17) is 0 Å². The molecule has 2 aromatic heterocycles. The van der Waals surface area contributed by atoms with Crippen molar-refractivity contribution in [2.24, 2.45) is 11.8 Å². The SMILES string of the molecule is O=C1[C@H]2CN(Cc3ccncc3)C[C@H]2CN1c1cncnc1. The van der Waals surface area contributed by atoms with Gasteiger partial charge in [0.05, 0.1) is 24.0 Å². The van der Waals surface area contributed by atoms with Gasteiger partial charge in [-0.1, -0.05) is 0 Å². The summed E-state index contributed by atoms with van der Waals surface area (Å²) in [5.41, 5.74) is 2.05. The van der Waals surface area contributed by atoms with Crippen molar-refractivity contribution in [3.8, 4) is 0 Å². The van der Waals surface area contributed by atoms with Crippen molar-refractivity contribution in [3.63, 3.8) is 0 Å². The van der Waals surface area contributed by atoms with Crippen molar-refractivity contribution in [2.75, 3.05) is 24.5 Å². The lowest BCUT2D eigenvalue weighted by atomic mass is 10.0. The fourth-order valence-electron chi connectivity index (χ4n) is 3.49. The monoisotopic (exact) mass is 295 g/mol. The predicted molar refractivity (Wildman–Crippen MR) is 80.9 cm³/mol. The van der Waals surface area contributed by atoms with Crippen LogP contribution in [0, 0.1) is 11.8 Å². The first kappa shape index (κ1) is 13.3. The molecule has 0 aliphatic carbocycles. The van der Waals surface area contributed by atoms with E-state index in [0.717, 1.165) is 31.9 Å². The molecule has 22 heavy (non-hydrogen) atoms. The minimum atomic E-state index is 0.0991. The maximum atomic E-state index is 12.6. The molecule has 112 valence electrons. The van der Waals surface area contributed by atoms with Crippen LogP contribution in [0.25, 0.3) is 0 Å². The molecule has 0 aromatic carbocycles. The highest BCUT2D eigenvalue weighted by molar-refractivity contribution is 5.97. The average molecular weight is 295 g/mol. The highest BCUT2D eigenvalue weighted by atomic mass is 16.2. The maximum Gasteiger partial charge on any atom is 0.231 e. The summed E-state index contributed by atoms with van der Waals surface area (Å²) >= 11 is 0. The molecule has 2 aliphatic heterocycles. The van der Waals surface area contributed by atoms with E-state index in [0.29, 0.717) is 5.92 Å². The van der Waals surface area contributed by atoms with Crippen molar-refractivity contribution < 1.29 is 4.79 Å². The molecular weight excluding hydrogens is 278 g/mol. The summed E-state index contributed by atoms with van der Waals surface area (Å²) in [5.74, 6) is 0.702. The zero-order valence-corrected chi connectivity index (χ0v) is 12.2. The summed E-state index contributed by atoms with van der Waals surface area (Å²) in [6, 6.07) is 4.06. The third-order valence-electron chi connectivity index (χ3n) is 4.53. The predicted octanol–water partition coefficient (Wildman–Crippen LogP) is 0.966. The van der Waals surface area contributed by atoms with Crippen molar-refractivity contribution in [1.82, 2.24) is 19.9 Å². The Bertz CT molecular complexity index is 663. The Morgan fingerprint density at radius 2 is 1.82 bits per heavy atom. The van der Waals surface area contributed by atoms with E-state index in [1.54, 1.807) is 12.4 Å². The Hall–Kier alpha value is -2.34. The molecule has 0 radical (unpaired) electrons. The summed E-state index contributed by atoms with van der Waals surface area (Å²) in [4.78, 5) is 28.9. The molecule has 0 spiro atoms. The number of rotatable bonds is 3. The molecule has 2 aromatic rings. The van der Waals surface area contributed by atoms with Gasteiger partial charge in [-0.2, -0.15) is 0 Å². The van der Waals surface area contributed by atoms with Gasteiger partial charge in [-0.15, -0.1) is 0 Å². The summed E-state index contributed by atoms with van der Waals surface area (Å²) in [5, 5.41) is 0. The molecule has 2 aliphatic rings. The van der Waals surface area contributed by atoms with Crippen molar-refractivity contribution in [3.05, 3.63) is 48.8 Å². The van der Waals surface area contributed by atoms with E-state index in [9.17, 15) is 4.79 Å². The van der Waals surface area contributed by atoms with Crippen LogP contribution in [0.2, 0.25) is 0 Å². The molecule has 0 saturated carbocycles. The zero-order chi connectivity index (χ0) is 14.9. The average Bonchev–Trinajstić information content (AvgIpc) is 3.08. The topological polar surface area (TPSA) is 62.2 Å². The molecule has 0 N–H and O–H groups in total. The number of anilines is 1. The van der Waals surface area contributed by atoms with E-state index in [1.165, 1.54) is 11.9 Å². The van der Waals surface area contributed by atoms with Gasteiger partial charge in [-0.05, 0) is 17.7 Å². The van der Waals surface area contributed by atoms with Gasteiger partial charge >= 0.3 is 0 Å². The smallest absolute Gasteiger partial charge is 0.231 e. The highest BCUT2D eigenvalue weighted by Gasteiger charge is 2.46. The van der Waals surface area contributed by atoms with Gasteiger partial charge in [-0.25, -0.2) is 9.97 Å². The number of likely N-dealkylation sites (tertiary alicyclic amines) is 1. The molecular formula is C16H17N5O. The summed E-state index contributed by atoms with van der Waals surface area (Å²) in [6.07, 6.45) is 8.53. The molecule has 1 amide bonds. The van der Waals surface area contributed by atoms with Crippen LogP contribution in [0.4, 0.5) is 5.69 Å². The molecule has 4 rings (SSSR count). The maximum absolute atomic E-state index is 12.6. The van der Waals surface area contributed by atoms with Crippen LogP contribution in [-0.2, 0) is 11.3 Å². The van der Waals surface area contributed by atoms with Gasteiger partial charge < -0.3 is 4.90 Å². The van der Waals surface area contributed by atoms with E-state index in [2.05, 4.69) is 19.9 Å². The zero-order valence-electron chi connectivity index (χ0n) is 12.2. The van der Waals surface area contributed by atoms with Crippen molar-refractivity contribution >= 4 is 11.6 Å². The van der Waals surface area contributed by atoms with Crippen LogP contribution in [0.1, 0.15) is 5.56 Å². The number of aromatic nitrogens is 3. The quantitative estimate of drug-likeness (QED) is 0.844. The third-order valence-corrected chi connectivity index (χ3v) is 4.53.